The van der Waals surface area contributed by atoms with Gasteiger partial charge in [-0.2, -0.15) is 9.78 Å². The van der Waals surface area contributed by atoms with Gasteiger partial charge < -0.3 is 9.47 Å². The minimum Gasteiger partial charge on any atom is -0.472 e. The third-order valence-corrected chi connectivity index (χ3v) is 5.02. The van der Waals surface area contributed by atoms with Gasteiger partial charge in [0.25, 0.3) is 5.56 Å². The molecule has 166 valence electrons. The monoisotopic (exact) mass is 502 g/mol. The number of halogens is 1. The Kier molecular flexibility index (Phi) is 6.98. The molecule has 3 rings (SSSR count). The molecule has 0 bridgehead atoms. The molecule has 11 heteroatoms. The number of carbonyl (C=O) groups excluding carboxylic acids is 1. The summed E-state index contributed by atoms with van der Waals surface area (Å²) in [7, 11) is 1.20. The summed E-state index contributed by atoms with van der Waals surface area (Å²) < 4.78 is 11.8. The number of esters is 1. The molecule has 0 amide bonds. The summed E-state index contributed by atoms with van der Waals surface area (Å²) >= 11 is 3.34. The van der Waals surface area contributed by atoms with Gasteiger partial charge in [0.1, 0.15) is 5.82 Å². The lowest BCUT2D eigenvalue weighted by atomic mass is 10.2. The van der Waals surface area contributed by atoms with Crippen molar-refractivity contribution in [1.29, 1.82) is 0 Å². The van der Waals surface area contributed by atoms with Crippen molar-refractivity contribution in [1.82, 2.24) is 9.66 Å². The molecule has 32 heavy (non-hydrogen) atoms. The number of aromatic nitrogens is 2. The van der Waals surface area contributed by atoms with Crippen molar-refractivity contribution in [2.45, 2.75) is 26.4 Å². The summed E-state index contributed by atoms with van der Waals surface area (Å²) in [5.41, 5.74) is 0.204. The van der Waals surface area contributed by atoms with E-state index in [1.807, 2.05) is 6.92 Å². The number of hydrogen-bond acceptors (Lipinski definition) is 8. The summed E-state index contributed by atoms with van der Waals surface area (Å²) in [6, 6.07) is 9.33. The Labute approximate surface area is 190 Å². The minimum absolute atomic E-state index is 0.0892. The highest BCUT2D eigenvalue weighted by Crippen LogP contribution is 2.28. The lowest BCUT2D eigenvalue weighted by Crippen LogP contribution is -2.25. The summed E-state index contributed by atoms with van der Waals surface area (Å²) in [4.78, 5) is 39.8. The quantitative estimate of drug-likeness (QED) is 0.209. The zero-order chi connectivity index (χ0) is 23.4. The van der Waals surface area contributed by atoms with Gasteiger partial charge in [-0.3, -0.25) is 14.9 Å². The first-order chi connectivity index (χ1) is 15.2. The van der Waals surface area contributed by atoms with Gasteiger partial charge in [0, 0.05) is 22.5 Å². The fourth-order valence-corrected chi connectivity index (χ4v) is 3.29. The van der Waals surface area contributed by atoms with Crippen molar-refractivity contribution < 1.29 is 19.2 Å². The molecule has 10 nitrogen and oxygen atoms in total. The highest BCUT2D eigenvalue weighted by atomic mass is 79.9. The van der Waals surface area contributed by atoms with Gasteiger partial charge in [0.2, 0.25) is 0 Å². The van der Waals surface area contributed by atoms with Crippen LogP contribution in [-0.4, -0.2) is 40.0 Å². The van der Waals surface area contributed by atoms with Crippen LogP contribution >= 0.6 is 15.9 Å². The minimum atomic E-state index is -1.02. The van der Waals surface area contributed by atoms with Crippen molar-refractivity contribution in [2.75, 3.05) is 7.11 Å². The summed E-state index contributed by atoms with van der Waals surface area (Å²) in [6.45, 7) is 3.27. The molecule has 0 aliphatic carbocycles. The molecular weight excluding hydrogens is 484 g/mol. The van der Waals surface area contributed by atoms with Gasteiger partial charge >= 0.3 is 11.7 Å². The Balaban J connectivity index is 2.01. The Bertz CT molecular complexity index is 1290. The molecule has 0 saturated carbocycles. The number of carbonyl (C=O) groups is 1. The number of benzene rings is 2. The molecule has 0 aliphatic heterocycles. The van der Waals surface area contributed by atoms with Crippen LogP contribution in [0.25, 0.3) is 10.9 Å². The molecule has 2 aromatic carbocycles. The third kappa shape index (κ3) is 4.83. The zero-order valence-electron chi connectivity index (χ0n) is 17.4. The van der Waals surface area contributed by atoms with Crippen LogP contribution < -0.4 is 10.3 Å². The number of hydrogen-bond donors (Lipinski definition) is 0. The smallest absolute Gasteiger partial charge is 0.346 e. The SMILES string of the molecule is CCc1nc2ccc(Br)cc2c(=O)n1N=Cc1ccc(O[C@H](C)C(=O)OC)c([N+](=O)[O-])c1. The molecule has 0 fully saturated rings. The van der Waals surface area contributed by atoms with E-state index in [1.54, 1.807) is 18.2 Å². The number of nitro benzene ring substituents is 1. The fraction of sp³-hybridized carbons (Fsp3) is 0.238. The molecule has 1 heterocycles. The van der Waals surface area contributed by atoms with Crippen molar-refractivity contribution >= 4 is 44.7 Å². The van der Waals surface area contributed by atoms with Crippen LogP contribution in [0.2, 0.25) is 0 Å². The second kappa shape index (κ2) is 9.69. The number of rotatable bonds is 7. The second-order valence-corrected chi connectivity index (χ2v) is 7.59. The van der Waals surface area contributed by atoms with Crippen LogP contribution in [0.15, 0.2) is 50.8 Å². The standard InChI is InChI=1S/C21H19BrN4O6/c1-4-19-24-16-7-6-14(22)10-15(16)20(27)25(19)23-11-13-5-8-18(17(9-13)26(29)30)32-12(2)21(28)31-3/h5-12H,4H2,1-3H3/t12-/m1/s1. The van der Waals surface area contributed by atoms with E-state index < -0.39 is 17.0 Å². The summed E-state index contributed by atoms with van der Waals surface area (Å²) in [5.74, 6) is -0.303. The largest absolute Gasteiger partial charge is 0.472 e. The number of nitrogens with zero attached hydrogens (tertiary/aromatic N) is 4. The first-order valence-electron chi connectivity index (χ1n) is 9.53. The first-order valence-corrected chi connectivity index (χ1v) is 10.3. The zero-order valence-corrected chi connectivity index (χ0v) is 19.0. The van der Waals surface area contributed by atoms with Crippen LogP contribution in [0.3, 0.4) is 0 Å². The maximum atomic E-state index is 12.9. The van der Waals surface area contributed by atoms with Crippen LogP contribution in [0.1, 0.15) is 25.2 Å². The van der Waals surface area contributed by atoms with E-state index in [0.717, 1.165) is 4.47 Å². The molecule has 0 aliphatic rings. The predicted molar refractivity (Wildman–Crippen MR) is 121 cm³/mol. The predicted octanol–water partition coefficient (Wildman–Crippen LogP) is 3.45. The van der Waals surface area contributed by atoms with Crippen molar-refractivity contribution in [2.24, 2.45) is 5.10 Å². The maximum absolute atomic E-state index is 12.9. The molecule has 0 unspecified atom stereocenters. The normalized spacial score (nSPS) is 12.1. The molecule has 0 N–H and O–H groups in total. The molecule has 1 aromatic heterocycles. The van der Waals surface area contributed by atoms with Crippen LogP contribution in [0.5, 0.6) is 5.75 Å². The van der Waals surface area contributed by atoms with Crippen molar-refractivity contribution in [3.05, 3.63) is 72.7 Å². The van der Waals surface area contributed by atoms with Gasteiger partial charge in [0.05, 0.1) is 29.2 Å². The van der Waals surface area contributed by atoms with Gasteiger partial charge in [0.15, 0.2) is 11.9 Å². The summed E-state index contributed by atoms with van der Waals surface area (Å²) in [5, 5.41) is 16.1. The molecule has 3 aromatic rings. The Hall–Kier alpha value is -3.60. The molecule has 0 radical (unpaired) electrons. The number of aryl methyl sites for hydroxylation is 1. The lowest BCUT2D eigenvalue weighted by molar-refractivity contribution is -0.386. The van der Waals surface area contributed by atoms with E-state index in [4.69, 9.17) is 4.74 Å². The molecular formula is C21H19BrN4O6. The third-order valence-electron chi connectivity index (χ3n) is 4.53. The van der Waals surface area contributed by atoms with Gasteiger partial charge in [-0.25, -0.2) is 9.78 Å². The highest BCUT2D eigenvalue weighted by Gasteiger charge is 2.22. The summed E-state index contributed by atoms with van der Waals surface area (Å²) in [6.07, 6.45) is 0.760. The molecule has 1 atom stereocenters. The Morgan fingerprint density at radius 1 is 1.34 bits per heavy atom. The van der Waals surface area contributed by atoms with E-state index in [0.29, 0.717) is 28.7 Å². The van der Waals surface area contributed by atoms with Crippen LogP contribution in [0, 0.1) is 10.1 Å². The number of ether oxygens (including phenoxy) is 2. The Morgan fingerprint density at radius 3 is 2.75 bits per heavy atom. The second-order valence-electron chi connectivity index (χ2n) is 6.67. The van der Waals surface area contributed by atoms with E-state index >= 15 is 0 Å². The van der Waals surface area contributed by atoms with Gasteiger partial charge in [-0.05, 0) is 37.3 Å². The van der Waals surface area contributed by atoms with Crippen molar-refractivity contribution in [3.63, 3.8) is 0 Å². The Morgan fingerprint density at radius 2 is 2.09 bits per heavy atom. The van der Waals surface area contributed by atoms with Crippen LogP contribution in [0.4, 0.5) is 5.69 Å². The topological polar surface area (TPSA) is 126 Å². The molecule has 0 spiro atoms. The average Bonchev–Trinajstić information content (AvgIpc) is 2.78. The highest BCUT2D eigenvalue weighted by molar-refractivity contribution is 9.10. The number of nitro groups is 1. The van der Waals surface area contributed by atoms with E-state index in [9.17, 15) is 19.7 Å². The van der Waals surface area contributed by atoms with Gasteiger partial charge in [-0.1, -0.05) is 22.9 Å². The van der Waals surface area contributed by atoms with Gasteiger partial charge in [-0.15, -0.1) is 0 Å². The van der Waals surface area contributed by atoms with Crippen LogP contribution in [-0.2, 0) is 16.0 Å². The lowest BCUT2D eigenvalue weighted by Gasteiger charge is -2.12. The van der Waals surface area contributed by atoms with E-state index in [1.165, 1.54) is 43.1 Å². The van der Waals surface area contributed by atoms with E-state index in [2.05, 4.69) is 30.8 Å². The number of fused-ring (bicyclic) bond motifs is 1. The molecule has 0 saturated heterocycles. The average molecular weight is 503 g/mol. The number of methoxy groups -OCH3 is 1. The maximum Gasteiger partial charge on any atom is 0.346 e. The van der Waals surface area contributed by atoms with Crippen molar-refractivity contribution in [3.8, 4) is 5.75 Å². The fourth-order valence-electron chi connectivity index (χ4n) is 2.93. The van der Waals surface area contributed by atoms with E-state index in [-0.39, 0.29) is 17.0 Å². The first kappa shape index (κ1) is 23.1.